The number of amides is 1. The van der Waals surface area contributed by atoms with Gasteiger partial charge in [-0.1, -0.05) is 65.1 Å². The lowest BCUT2D eigenvalue weighted by Crippen LogP contribution is -2.15. The quantitative estimate of drug-likeness (QED) is 0.799. The molecule has 2 rings (SSSR count). The van der Waals surface area contributed by atoms with Crippen molar-refractivity contribution in [2.75, 3.05) is 5.32 Å². The molecule has 0 atom stereocenters. The van der Waals surface area contributed by atoms with Gasteiger partial charge >= 0.3 is 6.09 Å². The average Bonchev–Trinajstić information content (AvgIpc) is 2.49. The fourth-order valence-corrected chi connectivity index (χ4v) is 1.96. The van der Waals surface area contributed by atoms with Gasteiger partial charge in [-0.05, 0) is 5.56 Å². The van der Waals surface area contributed by atoms with Crippen LogP contribution in [0, 0.1) is 5.95 Å². The lowest BCUT2D eigenvalue weighted by Gasteiger charge is -2.09. The predicted octanol–water partition coefficient (Wildman–Crippen LogP) is 4.93. The standard InChI is InChI=1S/C13H8Cl3FN2O2/c14-8-9(15)11(17)18-12(10(8)16)19-13(20)21-6-7-4-2-1-3-5-7/h1-5H,6H2,(H,18,19,20). The molecule has 0 aliphatic rings. The molecule has 2 aromatic rings. The summed E-state index contributed by atoms with van der Waals surface area (Å²) in [5.41, 5.74) is 0.798. The minimum absolute atomic E-state index is 0.0497. The van der Waals surface area contributed by atoms with E-state index in [1.807, 2.05) is 18.2 Å². The maximum Gasteiger partial charge on any atom is 0.413 e. The molecule has 0 aliphatic heterocycles. The van der Waals surface area contributed by atoms with Gasteiger partial charge in [-0.15, -0.1) is 0 Å². The van der Waals surface area contributed by atoms with Crippen LogP contribution in [0.3, 0.4) is 0 Å². The molecule has 1 N–H and O–H groups in total. The highest BCUT2D eigenvalue weighted by molar-refractivity contribution is 6.49. The van der Waals surface area contributed by atoms with Crippen LogP contribution in [0.4, 0.5) is 15.0 Å². The van der Waals surface area contributed by atoms with Crippen LogP contribution >= 0.6 is 34.8 Å². The fraction of sp³-hybridized carbons (Fsp3) is 0.0769. The number of benzene rings is 1. The Labute approximate surface area is 134 Å². The Kier molecular flexibility index (Phi) is 5.22. The number of carbonyl (C=O) groups excluding carboxylic acids is 1. The third-order valence-electron chi connectivity index (χ3n) is 2.42. The molecule has 0 saturated heterocycles. The number of rotatable bonds is 3. The molecule has 0 bridgehead atoms. The van der Waals surface area contributed by atoms with Crippen LogP contribution in [0.25, 0.3) is 0 Å². The minimum atomic E-state index is -1.04. The summed E-state index contributed by atoms with van der Waals surface area (Å²) in [6.45, 7) is 0.0497. The molecule has 1 amide bonds. The van der Waals surface area contributed by atoms with Gasteiger partial charge in [-0.2, -0.15) is 9.37 Å². The zero-order valence-electron chi connectivity index (χ0n) is 10.4. The fourth-order valence-electron chi connectivity index (χ4n) is 1.43. The molecule has 4 nitrogen and oxygen atoms in total. The largest absolute Gasteiger partial charge is 0.444 e. The van der Waals surface area contributed by atoms with Crippen molar-refractivity contribution in [1.82, 2.24) is 4.98 Å². The van der Waals surface area contributed by atoms with Crippen LogP contribution in [0.2, 0.25) is 15.1 Å². The second-order valence-electron chi connectivity index (χ2n) is 3.88. The van der Waals surface area contributed by atoms with Crippen molar-refractivity contribution in [3.05, 3.63) is 56.9 Å². The van der Waals surface area contributed by atoms with Crippen molar-refractivity contribution in [2.24, 2.45) is 0 Å². The average molecular weight is 350 g/mol. The van der Waals surface area contributed by atoms with Crippen LogP contribution in [-0.2, 0) is 11.3 Å². The zero-order chi connectivity index (χ0) is 15.4. The molecule has 21 heavy (non-hydrogen) atoms. The number of ether oxygens (including phenoxy) is 1. The molecule has 0 fully saturated rings. The molecule has 0 unspecified atom stereocenters. The van der Waals surface area contributed by atoms with E-state index in [1.54, 1.807) is 12.1 Å². The van der Waals surface area contributed by atoms with Crippen molar-refractivity contribution in [3.63, 3.8) is 0 Å². The van der Waals surface area contributed by atoms with Gasteiger partial charge in [0.15, 0.2) is 5.82 Å². The van der Waals surface area contributed by atoms with Crippen molar-refractivity contribution in [3.8, 4) is 0 Å². The van der Waals surface area contributed by atoms with Gasteiger partial charge in [0.25, 0.3) is 0 Å². The van der Waals surface area contributed by atoms with E-state index in [0.717, 1.165) is 5.56 Å². The summed E-state index contributed by atoms with van der Waals surface area (Å²) in [4.78, 5) is 15.0. The summed E-state index contributed by atoms with van der Waals surface area (Å²) in [7, 11) is 0. The summed E-state index contributed by atoms with van der Waals surface area (Å²) < 4.78 is 18.3. The van der Waals surface area contributed by atoms with Crippen LogP contribution in [0.5, 0.6) is 0 Å². The Bertz CT molecular complexity index is 668. The highest BCUT2D eigenvalue weighted by atomic mass is 35.5. The lowest BCUT2D eigenvalue weighted by atomic mass is 10.2. The lowest BCUT2D eigenvalue weighted by molar-refractivity contribution is 0.155. The number of halogens is 4. The van der Waals surface area contributed by atoms with Gasteiger partial charge < -0.3 is 4.74 Å². The van der Waals surface area contributed by atoms with Gasteiger partial charge in [-0.25, -0.2) is 4.79 Å². The number of nitrogens with one attached hydrogen (secondary N) is 1. The Morgan fingerprint density at radius 1 is 1.14 bits per heavy atom. The molecule has 0 saturated carbocycles. The summed E-state index contributed by atoms with van der Waals surface area (Å²) in [6, 6.07) is 9.03. The zero-order valence-corrected chi connectivity index (χ0v) is 12.6. The number of hydrogen-bond donors (Lipinski definition) is 1. The van der Waals surface area contributed by atoms with Crippen LogP contribution < -0.4 is 5.32 Å². The molecule has 1 heterocycles. The molecule has 110 valence electrons. The van der Waals surface area contributed by atoms with E-state index >= 15 is 0 Å². The Morgan fingerprint density at radius 3 is 2.48 bits per heavy atom. The minimum Gasteiger partial charge on any atom is -0.444 e. The Hall–Kier alpha value is -1.56. The van der Waals surface area contributed by atoms with E-state index in [1.165, 1.54) is 0 Å². The van der Waals surface area contributed by atoms with Gasteiger partial charge in [0.1, 0.15) is 16.7 Å². The predicted molar refractivity (Wildman–Crippen MR) is 79.5 cm³/mol. The SMILES string of the molecule is O=C(Nc1nc(F)c(Cl)c(Cl)c1Cl)OCc1ccccc1. The molecular formula is C13H8Cl3FN2O2. The number of aromatic nitrogens is 1. The number of hydrogen-bond acceptors (Lipinski definition) is 3. The first kappa shape index (κ1) is 15.8. The van der Waals surface area contributed by atoms with E-state index in [-0.39, 0.29) is 22.5 Å². The first-order valence-electron chi connectivity index (χ1n) is 5.66. The highest BCUT2D eigenvalue weighted by Gasteiger charge is 2.18. The van der Waals surface area contributed by atoms with E-state index < -0.39 is 17.1 Å². The first-order chi connectivity index (χ1) is 9.99. The molecule has 0 aliphatic carbocycles. The molecular weight excluding hydrogens is 342 g/mol. The number of anilines is 1. The number of pyridine rings is 1. The first-order valence-corrected chi connectivity index (χ1v) is 6.80. The highest BCUT2D eigenvalue weighted by Crippen LogP contribution is 2.35. The summed E-state index contributed by atoms with van der Waals surface area (Å²) >= 11 is 17.1. The summed E-state index contributed by atoms with van der Waals surface area (Å²) in [5.74, 6) is -1.30. The van der Waals surface area contributed by atoms with Crippen molar-refractivity contribution >= 4 is 46.7 Å². The van der Waals surface area contributed by atoms with E-state index in [0.29, 0.717) is 0 Å². The maximum absolute atomic E-state index is 13.3. The van der Waals surface area contributed by atoms with Crippen LogP contribution in [0.1, 0.15) is 5.56 Å². The van der Waals surface area contributed by atoms with E-state index in [4.69, 9.17) is 39.5 Å². The molecule has 8 heteroatoms. The molecule has 0 spiro atoms. The van der Waals surface area contributed by atoms with Crippen molar-refractivity contribution in [2.45, 2.75) is 6.61 Å². The van der Waals surface area contributed by atoms with Gasteiger partial charge in [-0.3, -0.25) is 5.32 Å². The summed E-state index contributed by atoms with van der Waals surface area (Å²) in [5, 5.41) is 1.39. The van der Waals surface area contributed by atoms with Gasteiger partial charge in [0.2, 0.25) is 5.95 Å². The van der Waals surface area contributed by atoms with Crippen LogP contribution in [-0.4, -0.2) is 11.1 Å². The third kappa shape index (κ3) is 3.97. The number of carbonyl (C=O) groups is 1. The van der Waals surface area contributed by atoms with E-state index in [2.05, 4.69) is 10.3 Å². The maximum atomic E-state index is 13.3. The van der Waals surface area contributed by atoms with Crippen molar-refractivity contribution in [1.29, 1.82) is 0 Å². The molecule has 0 radical (unpaired) electrons. The van der Waals surface area contributed by atoms with Gasteiger partial charge in [0.05, 0.1) is 5.02 Å². The van der Waals surface area contributed by atoms with Crippen molar-refractivity contribution < 1.29 is 13.9 Å². The normalized spacial score (nSPS) is 10.3. The Balaban J connectivity index is 2.03. The monoisotopic (exact) mass is 348 g/mol. The summed E-state index contributed by atoms with van der Waals surface area (Å²) in [6.07, 6.45) is -0.842. The van der Waals surface area contributed by atoms with Crippen LogP contribution in [0.15, 0.2) is 30.3 Å². The second kappa shape index (κ2) is 6.93. The topological polar surface area (TPSA) is 51.2 Å². The van der Waals surface area contributed by atoms with E-state index in [9.17, 15) is 9.18 Å². The molecule has 1 aromatic heterocycles. The number of nitrogens with zero attached hydrogens (tertiary/aromatic N) is 1. The van der Waals surface area contributed by atoms with Gasteiger partial charge in [0, 0.05) is 0 Å². The Morgan fingerprint density at radius 2 is 1.81 bits per heavy atom. The second-order valence-corrected chi connectivity index (χ2v) is 5.01. The smallest absolute Gasteiger partial charge is 0.413 e. The third-order valence-corrected chi connectivity index (χ3v) is 3.70. The molecule has 1 aromatic carbocycles.